The second-order valence-corrected chi connectivity index (χ2v) is 7.58. The van der Waals surface area contributed by atoms with Gasteiger partial charge >= 0.3 is 12.0 Å². The highest BCUT2D eigenvalue weighted by Crippen LogP contribution is 2.37. The van der Waals surface area contributed by atoms with E-state index in [0.717, 1.165) is 17.3 Å². The number of nitrogens with one attached hydrogen (secondary N) is 1. The molecule has 29 heavy (non-hydrogen) atoms. The first kappa shape index (κ1) is 20.3. The Morgan fingerprint density at radius 3 is 2.52 bits per heavy atom. The summed E-state index contributed by atoms with van der Waals surface area (Å²) in [5.74, 6) is -1.98. The summed E-state index contributed by atoms with van der Waals surface area (Å²) >= 11 is 0.886. The van der Waals surface area contributed by atoms with Gasteiger partial charge in [0.1, 0.15) is 5.25 Å². The van der Waals surface area contributed by atoms with Gasteiger partial charge in [-0.25, -0.2) is 14.5 Å². The number of nitro groups is 1. The van der Waals surface area contributed by atoms with E-state index in [1.807, 2.05) is 6.07 Å². The van der Waals surface area contributed by atoms with Crippen LogP contribution >= 0.6 is 11.8 Å². The number of nitrogens with zero attached hydrogens (tertiary/aromatic N) is 2. The Morgan fingerprint density at radius 2 is 1.90 bits per heavy atom. The minimum absolute atomic E-state index is 0.167. The summed E-state index contributed by atoms with van der Waals surface area (Å²) in [4.78, 5) is 48.1. The molecular weight excluding hydrogens is 398 g/mol. The van der Waals surface area contributed by atoms with Crippen LogP contribution in [-0.4, -0.2) is 44.1 Å². The Kier molecular flexibility index (Phi) is 5.83. The maximum absolute atomic E-state index is 12.5. The second kappa shape index (κ2) is 8.31. The molecule has 1 saturated heterocycles. The van der Waals surface area contributed by atoms with Crippen LogP contribution in [0.5, 0.6) is 0 Å². The molecule has 150 valence electrons. The fraction of sp³-hybridized carbons (Fsp3) is 0.211. The Balaban J connectivity index is 1.72. The highest BCUT2D eigenvalue weighted by atomic mass is 32.2. The van der Waals surface area contributed by atoms with Gasteiger partial charge in [0, 0.05) is 17.0 Å². The van der Waals surface area contributed by atoms with Gasteiger partial charge in [-0.3, -0.25) is 14.9 Å². The van der Waals surface area contributed by atoms with Crippen LogP contribution in [0.2, 0.25) is 0 Å². The van der Waals surface area contributed by atoms with Crippen LogP contribution in [0.1, 0.15) is 18.5 Å². The number of carboxylic acids is 1. The number of carboxylic acid groups (broad SMARTS) is 1. The zero-order valence-electron chi connectivity index (χ0n) is 15.2. The lowest BCUT2D eigenvalue weighted by Gasteiger charge is -2.42. The van der Waals surface area contributed by atoms with E-state index in [4.69, 9.17) is 0 Å². The van der Waals surface area contributed by atoms with Gasteiger partial charge < -0.3 is 10.4 Å². The van der Waals surface area contributed by atoms with E-state index in [1.54, 1.807) is 37.3 Å². The normalized spacial score (nSPS) is 19.2. The predicted molar refractivity (Wildman–Crippen MR) is 104 cm³/mol. The Bertz CT molecular complexity index is 967. The van der Waals surface area contributed by atoms with Crippen molar-refractivity contribution >= 4 is 35.4 Å². The van der Waals surface area contributed by atoms with Crippen molar-refractivity contribution in [2.24, 2.45) is 0 Å². The fourth-order valence-electron chi connectivity index (χ4n) is 2.94. The van der Waals surface area contributed by atoms with Crippen LogP contribution in [0.15, 0.2) is 59.5 Å². The summed E-state index contributed by atoms with van der Waals surface area (Å²) < 4.78 is 0. The number of amides is 3. The average Bonchev–Trinajstić information content (AvgIpc) is 2.70. The third-order valence-corrected chi connectivity index (χ3v) is 5.69. The maximum atomic E-state index is 12.5. The Morgan fingerprint density at radius 1 is 1.21 bits per heavy atom. The second-order valence-electron chi connectivity index (χ2n) is 6.37. The highest BCUT2D eigenvalue weighted by Gasteiger charge is 2.55. The number of β-lactam (4-membered cyclic amide) rings is 1. The lowest BCUT2D eigenvalue weighted by Crippen LogP contribution is -2.70. The summed E-state index contributed by atoms with van der Waals surface area (Å²) in [7, 11) is 0. The van der Waals surface area contributed by atoms with Crippen molar-refractivity contribution in [3.63, 3.8) is 0 Å². The van der Waals surface area contributed by atoms with Gasteiger partial charge in [-0.2, -0.15) is 0 Å². The number of hydrogen-bond acceptors (Lipinski definition) is 6. The number of carbonyl (C=O) groups is 3. The molecule has 1 fully saturated rings. The number of hydrogen-bond donors (Lipinski definition) is 2. The van der Waals surface area contributed by atoms with E-state index in [2.05, 4.69) is 5.32 Å². The first-order valence-corrected chi connectivity index (χ1v) is 9.50. The molecule has 0 spiro atoms. The van der Waals surface area contributed by atoms with Crippen LogP contribution < -0.4 is 5.32 Å². The van der Waals surface area contributed by atoms with Crippen LogP contribution in [0.3, 0.4) is 0 Å². The molecule has 0 bridgehead atoms. The number of urea groups is 1. The standard InChI is InChI=1S/C19H17N3O6S/c1-11(12-6-3-2-4-7-12)20-19(26)21-15(18(24)25)16(17(21)23)29-14-9-5-8-13(10-14)22(27)28/h2-11,15-16H,1H3,(H,20,26)(H,24,25)/t11-,15?,16?/m1/s1. The maximum Gasteiger partial charge on any atom is 0.328 e. The third kappa shape index (κ3) is 4.21. The topological polar surface area (TPSA) is 130 Å². The van der Waals surface area contributed by atoms with Gasteiger partial charge in [-0.1, -0.05) is 36.4 Å². The third-order valence-electron chi connectivity index (χ3n) is 4.45. The van der Waals surface area contributed by atoms with Crippen molar-refractivity contribution in [1.82, 2.24) is 10.2 Å². The largest absolute Gasteiger partial charge is 0.480 e. The molecular formula is C19H17N3O6S. The summed E-state index contributed by atoms with van der Waals surface area (Å²) in [6.07, 6.45) is 0. The van der Waals surface area contributed by atoms with Crippen LogP contribution in [-0.2, 0) is 9.59 Å². The van der Waals surface area contributed by atoms with Gasteiger partial charge in [0.2, 0.25) is 5.91 Å². The Hall–Kier alpha value is -3.40. The van der Waals surface area contributed by atoms with Gasteiger partial charge in [-0.15, -0.1) is 11.8 Å². The summed E-state index contributed by atoms with van der Waals surface area (Å²) in [5, 5.41) is 22.0. The van der Waals surface area contributed by atoms with Crippen molar-refractivity contribution in [2.45, 2.75) is 29.2 Å². The molecule has 0 aliphatic carbocycles. The number of rotatable bonds is 6. The molecule has 1 heterocycles. The summed E-state index contributed by atoms with van der Waals surface area (Å²) in [6, 6.07) is 12.0. The zero-order chi connectivity index (χ0) is 21.1. The number of thioether (sulfide) groups is 1. The molecule has 2 aromatic carbocycles. The van der Waals surface area contributed by atoms with Gasteiger partial charge in [0.15, 0.2) is 6.04 Å². The number of non-ortho nitro benzene ring substituents is 1. The number of nitro benzene ring substituents is 1. The van der Waals surface area contributed by atoms with E-state index in [-0.39, 0.29) is 5.69 Å². The molecule has 1 aliphatic rings. The lowest BCUT2D eigenvalue weighted by atomic mass is 10.0. The predicted octanol–water partition coefficient (Wildman–Crippen LogP) is 2.82. The molecule has 2 N–H and O–H groups in total. The number of benzene rings is 2. The van der Waals surface area contributed by atoms with Crippen molar-refractivity contribution in [1.29, 1.82) is 0 Å². The number of carbonyl (C=O) groups excluding carboxylic acids is 2. The molecule has 3 amide bonds. The number of imide groups is 1. The van der Waals surface area contributed by atoms with E-state index >= 15 is 0 Å². The quantitative estimate of drug-likeness (QED) is 0.421. The van der Waals surface area contributed by atoms with Gasteiger partial charge in [0.05, 0.1) is 11.0 Å². The summed E-state index contributed by atoms with van der Waals surface area (Å²) in [5.41, 5.74) is 0.642. The van der Waals surface area contributed by atoms with Crippen molar-refractivity contribution in [2.75, 3.05) is 0 Å². The zero-order valence-corrected chi connectivity index (χ0v) is 16.0. The number of likely N-dealkylation sites (tertiary alicyclic amines) is 1. The SMILES string of the molecule is C[C@@H](NC(=O)N1C(=O)C(Sc2cccc([N+](=O)[O-])c2)C1C(=O)O)c1ccccc1. The first-order chi connectivity index (χ1) is 13.8. The van der Waals surface area contributed by atoms with Gasteiger partial charge in [-0.05, 0) is 18.6 Å². The molecule has 2 unspecified atom stereocenters. The molecule has 9 nitrogen and oxygen atoms in total. The van der Waals surface area contributed by atoms with Crippen molar-refractivity contribution in [3.8, 4) is 0 Å². The molecule has 3 rings (SSSR count). The molecule has 0 aromatic heterocycles. The summed E-state index contributed by atoms with van der Waals surface area (Å²) in [6.45, 7) is 1.72. The molecule has 1 aliphatic heterocycles. The van der Waals surface area contributed by atoms with Crippen LogP contribution in [0, 0.1) is 10.1 Å². The van der Waals surface area contributed by atoms with Crippen LogP contribution in [0.25, 0.3) is 0 Å². The van der Waals surface area contributed by atoms with Crippen LogP contribution in [0.4, 0.5) is 10.5 Å². The Labute approximate surface area is 169 Å². The lowest BCUT2D eigenvalue weighted by molar-refractivity contribution is -0.385. The fourth-order valence-corrected chi connectivity index (χ4v) is 4.16. The molecule has 10 heteroatoms. The molecule has 0 saturated carbocycles. The van der Waals surface area contributed by atoms with E-state index in [1.165, 1.54) is 18.2 Å². The van der Waals surface area contributed by atoms with E-state index in [9.17, 15) is 29.6 Å². The number of aliphatic carboxylic acids is 1. The van der Waals surface area contributed by atoms with Gasteiger partial charge in [0.25, 0.3) is 5.69 Å². The van der Waals surface area contributed by atoms with Crippen molar-refractivity contribution < 1.29 is 24.4 Å². The van der Waals surface area contributed by atoms with E-state index < -0.39 is 40.2 Å². The first-order valence-electron chi connectivity index (χ1n) is 8.62. The minimum Gasteiger partial charge on any atom is -0.480 e. The average molecular weight is 415 g/mol. The molecule has 0 radical (unpaired) electrons. The highest BCUT2D eigenvalue weighted by molar-refractivity contribution is 8.00. The minimum atomic E-state index is -1.37. The molecule has 2 aromatic rings. The smallest absolute Gasteiger partial charge is 0.328 e. The van der Waals surface area contributed by atoms with Crippen molar-refractivity contribution in [3.05, 3.63) is 70.3 Å². The van der Waals surface area contributed by atoms with E-state index in [0.29, 0.717) is 9.80 Å². The monoisotopic (exact) mass is 415 g/mol. The molecule has 3 atom stereocenters.